The first kappa shape index (κ1) is 14.1. The first-order valence-corrected chi connectivity index (χ1v) is 7.76. The quantitative estimate of drug-likeness (QED) is 0.782. The maximum atomic E-state index is 6.13. The lowest BCUT2D eigenvalue weighted by Crippen LogP contribution is -2.03. The summed E-state index contributed by atoms with van der Waals surface area (Å²) in [5.74, 6) is 2.52. The fourth-order valence-electron chi connectivity index (χ4n) is 2.83. The Bertz CT molecular complexity index is 875. The number of hydrogen-bond donors (Lipinski definition) is 1. The molecule has 0 bridgehead atoms. The highest BCUT2D eigenvalue weighted by atomic mass is 35.5. The number of fused-ring (bicyclic) bond motifs is 3. The Morgan fingerprint density at radius 3 is 2.96 bits per heavy atom. The second kappa shape index (κ2) is 5.59. The van der Waals surface area contributed by atoms with Crippen molar-refractivity contribution in [3.63, 3.8) is 0 Å². The molecule has 1 aliphatic heterocycles. The highest BCUT2D eigenvalue weighted by Gasteiger charge is 2.20. The predicted molar refractivity (Wildman–Crippen MR) is 90.6 cm³/mol. The fraction of sp³-hybridized carbons (Fsp3) is 0.176. The number of benzene rings is 2. The highest BCUT2D eigenvalue weighted by Crippen LogP contribution is 2.32. The van der Waals surface area contributed by atoms with Crippen LogP contribution in [0.15, 0.2) is 42.5 Å². The van der Waals surface area contributed by atoms with E-state index in [2.05, 4.69) is 20.1 Å². The average molecular weight is 327 g/mol. The Kier molecular flexibility index (Phi) is 3.42. The summed E-state index contributed by atoms with van der Waals surface area (Å²) in [6.45, 7) is 0.795. The summed E-state index contributed by atoms with van der Waals surface area (Å²) in [5, 5.41) is 12.9. The Morgan fingerprint density at radius 1 is 1.17 bits per heavy atom. The topological polar surface area (TPSA) is 52.0 Å². The second-order valence-corrected chi connectivity index (χ2v) is 5.78. The van der Waals surface area contributed by atoms with E-state index in [4.69, 9.17) is 16.3 Å². The molecule has 0 aliphatic carbocycles. The third-order valence-corrected chi connectivity index (χ3v) is 4.16. The van der Waals surface area contributed by atoms with Gasteiger partial charge in [-0.1, -0.05) is 23.7 Å². The van der Waals surface area contributed by atoms with Gasteiger partial charge >= 0.3 is 0 Å². The van der Waals surface area contributed by atoms with Gasteiger partial charge in [-0.2, -0.15) is 0 Å². The van der Waals surface area contributed by atoms with Gasteiger partial charge in [0, 0.05) is 23.6 Å². The van der Waals surface area contributed by atoms with Gasteiger partial charge in [-0.05, 0) is 30.3 Å². The Hall–Kier alpha value is -2.53. The number of rotatable bonds is 2. The number of ether oxygens (including phenoxy) is 1. The van der Waals surface area contributed by atoms with E-state index < -0.39 is 0 Å². The Labute approximate surface area is 138 Å². The summed E-state index contributed by atoms with van der Waals surface area (Å²) < 4.78 is 7.40. The van der Waals surface area contributed by atoms with Gasteiger partial charge in [0.2, 0.25) is 0 Å². The van der Waals surface area contributed by atoms with Gasteiger partial charge in [-0.15, -0.1) is 10.2 Å². The lowest BCUT2D eigenvalue weighted by Gasteiger charge is -2.12. The second-order valence-electron chi connectivity index (χ2n) is 5.35. The predicted octanol–water partition coefficient (Wildman–Crippen LogP) is 3.56. The van der Waals surface area contributed by atoms with Crippen molar-refractivity contribution in [2.24, 2.45) is 0 Å². The molecule has 0 saturated heterocycles. The van der Waals surface area contributed by atoms with E-state index in [-0.39, 0.29) is 0 Å². The van der Waals surface area contributed by atoms with Gasteiger partial charge in [0.15, 0.2) is 5.82 Å². The summed E-state index contributed by atoms with van der Waals surface area (Å²) >= 11 is 6.13. The molecule has 2 aromatic carbocycles. The minimum absolute atomic E-state index is 0.704. The number of anilines is 1. The van der Waals surface area contributed by atoms with Crippen molar-refractivity contribution in [2.45, 2.75) is 6.42 Å². The van der Waals surface area contributed by atoms with Crippen molar-refractivity contribution in [3.8, 4) is 22.8 Å². The molecule has 0 unspecified atom stereocenters. The molecule has 0 radical (unpaired) electrons. The van der Waals surface area contributed by atoms with Gasteiger partial charge in [-0.25, -0.2) is 0 Å². The molecular formula is C17H15ClN4O. The minimum Gasteiger partial charge on any atom is -0.497 e. The van der Waals surface area contributed by atoms with Crippen molar-refractivity contribution in [1.29, 1.82) is 0 Å². The van der Waals surface area contributed by atoms with E-state index in [9.17, 15) is 0 Å². The standard InChI is InChI=1S/C17H15ClN4O/c1-23-13-4-2-3-11(9-13)17-21-20-16-7-8-19-14-10-12(18)5-6-15(14)22(16)17/h2-6,9-10,19H,7-8H2,1H3. The van der Waals surface area contributed by atoms with Crippen LogP contribution in [-0.4, -0.2) is 28.4 Å². The van der Waals surface area contributed by atoms with Crippen LogP contribution in [0.25, 0.3) is 17.1 Å². The third kappa shape index (κ3) is 2.43. The summed E-state index contributed by atoms with van der Waals surface area (Å²) in [5.41, 5.74) is 2.95. The molecule has 116 valence electrons. The maximum absolute atomic E-state index is 6.13. The first-order chi connectivity index (χ1) is 11.3. The van der Waals surface area contributed by atoms with Crippen molar-refractivity contribution >= 4 is 17.3 Å². The van der Waals surface area contributed by atoms with Gasteiger partial charge in [-0.3, -0.25) is 4.57 Å². The molecule has 1 aliphatic rings. The molecule has 0 saturated carbocycles. The molecule has 5 nitrogen and oxygen atoms in total. The monoisotopic (exact) mass is 326 g/mol. The maximum Gasteiger partial charge on any atom is 0.168 e. The van der Waals surface area contributed by atoms with Crippen LogP contribution in [0.4, 0.5) is 5.69 Å². The van der Waals surface area contributed by atoms with E-state index in [0.717, 1.165) is 47.3 Å². The molecule has 1 aromatic heterocycles. The van der Waals surface area contributed by atoms with Gasteiger partial charge in [0.25, 0.3) is 0 Å². The normalized spacial score (nSPS) is 12.8. The number of methoxy groups -OCH3 is 1. The van der Waals surface area contributed by atoms with Crippen LogP contribution in [0.5, 0.6) is 5.75 Å². The van der Waals surface area contributed by atoms with Crippen molar-refractivity contribution in [3.05, 3.63) is 53.3 Å². The third-order valence-electron chi connectivity index (χ3n) is 3.92. The van der Waals surface area contributed by atoms with Crippen LogP contribution in [0.2, 0.25) is 5.02 Å². The van der Waals surface area contributed by atoms with E-state index in [1.165, 1.54) is 0 Å². The number of aromatic nitrogens is 3. The zero-order chi connectivity index (χ0) is 15.8. The van der Waals surface area contributed by atoms with Crippen molar-refractivity contribution in [2.75, 3.05) is 19.0 Å². The van der Waals surface area contributed by atoms with Gasteiger partial charge in [0.05, 0.1) is 18.5 Å². The van der Waals surface area contributed by atoms with Crippen LogP contribution in [-0.2, 0) is 6.42 Å². The minimum atomic E-state index is 0.704. The van der Waals surface area contributed by atoms with E-state index in [1.54, 1.807) is 7.11 Å². The van der Waals surface area contributed by atoms with Crippen LogP contribution >= 0.6 is 11.6 Å². The number of hydrogen-bond acceptors (Lipinski definition) is 4. The van der Waals surface area contributed by atoms with Crippen LogP contribution < -0.4 is 10.1 Å². The zero-order valence-corrected chi connectivity index (χ0v) is 13.3. The fourth-order valence-corrected chi connectivity index (χ4v) is 3.01. The SMILES string of the molecule is COc1cccc(-c2nnc3n2-c2ccc(Cl)cc2NCC3)c1. The van der Waals surface area contributed by atoms with Crippen LogP contribution in [0.1, 0.15) is 5.82 Å². The molecule has 0 amide bonds. The lowest BCUT2D eigenvalue weighted by atomic mass is 10.2. The molecule has 4 rings (SSSR count). The molecule has 6 heteroatoms. The smallest absolute Gasteiger partial charge is 0.168 e. The summed E-state index contributed by atoms with van der Waals surface area (Å²) in [7, 11) is 1.66. The van der Waals surface area contributed by atoms with Crippen molar-refractivity contribution in [1.82, 2.24) is 14.8 Å². The van der Waals surface area contributed by atoms with Crippen LogP contribution in [0.3, 0.4) is 0 Å². The Morgan fingerprint density at radius 2 is 2.09 bits per heavy atom. The van der Waals surface area contributed by atoms with E-state index in [0.29, 0.717) is 5.02 Å². The summed E-state index contributed by atoms with van der Waals surface area (Å²) in [6, 6.07) is 13.6. The van der Waals surface area contributed by atoms with E-state index >= 15 is 0 Å². The molecule has 1 N–H and O–H groups in total. The molecule has 0 spiro atoms. The largest absolute Gasteiger partial charge is 0.497 e. The summed E-state index contributed by atoms with van der Waals surface area (Å²) in [4.78, 5) is 0. The van der Waals surface area contributed by atoms with Gasteiger partial charge < -0.3 is 10.1 Å². The number of nitrogens with one attached hydrogen (secondary N) is 1. The Balaban J connectivity index is 1.93. The van der Waals surface area contributed by atoms with Crippen LogP contribution in [0, 0.1) is 0 Å². The van der Waals surface area contributed by atoms with Crippen molar-refractivity contribution < 1.29 is 4.74 Å². The molecule has 3 aromatic rings. The highest BCUT2D eigenvalue weighted by molar-refractivity contribution is 6.31. The molecule has 0 atom stereocenters. The molecule has 2 heterocycles. The van der Waals surface area contributed by atoms with E-state index in [1.807, 2.05) is 42.5 Å². The number of nitrogens with zero attached hydrogens (tertiary/aromatic N) is 3. The molecule has 0 fully saturated rings. The molecule has 23 heavy (non-hydrogen) atoms. The summed E-state index contributed by atoms with van der Waals surface area (Å²) in [6.07, 6.45) is 0.795. The molecular weight excluding hydrogens is 312 g/mol. The lowest BCUT2D eigenvalue weighted by molar-refractivity contribution is 0.415. The average Bonchev–Trinajstić information content (AvgIpc) is 2.91. The van der Waals surface area contributed by atoms with Gasteiger partial charge in [0.1, 0.15) is 11.6 Å². The first-order valence-electron chi connectivity index (χ1n) is 7.39. The zero-order valence-electron chi connectivity index (χ0n) is 12.6. The number of halogens is 1.